The lowest BCUT2D eigenvalue weighted by Crippen LogP contribution is -2.35. The fraction of sp³-hybridized carbons (Fsp3) is 0.214. The van der Waals surface area contributed by atoms with E-state index in [0.717, 1.165) is 5.75 Å². The summed E-state index contributed by atoms with van der Waals surface area (Å²) in [4.78, 5) is 25.1. The van der Waals surface area contributed by atoms with E-state index in [0.29, 0.717) is 43.4 Å². The van der Waals surface area contributed by atoms with Crippen molar-refractivity contribution in [3.63, 3.8) is 0 Å². The molecule has 0 aromatic heterocycles. The summed E-state index contributed by atoms with van der Waals surface area (Å²) in [5.41, 5.74) is 6.39. The van der Waals surface area contributed by atoms with Crippen molar-refractivity contribution < 1.29 is 23.8 Å². The molecule has 1 fully saturated rings. The molecule has 7 heteroatoms. The molecule has 7 nitrogen and oxygen atoms in total. The van der Waals surface area contributed by atoms with Crippen LogP contribution in [0, 0.1) is 13.8 Å². The number of aryl methyl sites for hydroxylation is 2. The zero-order valence-corrected chi connectivity index (χ0v) is 19.8. The number of ether oxygens (including phenoxy) is 3. The van der Waals surface area contributed by atoms with Crippen LogP contribution in [-0.4, -0.2) is 38.2 Å². The smallest absolute Gasteiger partial charge is 0.282 e. The summed E-state index contributed by atoms with van der Waals surface area (Å²) in [7, 11) is 0. The molecule has 0 bridgehead atoms. The quantitative estimate of drug-likeness (QED) is 0.271. The van der Waals surface area contributed by atoms with Crippen LogP contribution in [0.1, 0.15) is 16.7 Å². The van der Waals surface area contributed by atoms with E-state index in [2.05, 4.69) is 19.3 Å². The highest BCUT2D eigenvalue weighted by Gasteiger charge is 2.34. The molecule has 0 aliphatic carbocycles. The van der Waals surface area contributed by atoms with Crippen molar-refractivity contribution >= 4 is 23.6 Å². The van der Waals surface area contributed by atoms with E-state index < -0.39 is 11.8 Å². The van der Waals surface area contributed by atoms with Gasteiger partial charge in [0, 0.05) is 0 Å². The summed E-state index contributed by atoms with van der Waals surface area (Å²) in [5.74, 6) is 0.617. The Kier molecular flexibility index (Phi) is 7.80. The molecule has 0 radical (unpaired) electrons. The molecule has 2 amide bonds. The lowest BCUT2D eigenvalue weighted by atomic mass is 10.1. The minimum Gasteiger partial charge on any atom is -0.491 e. The first kappa shape index (κ1) is 24.0. The molecule has 0 atom stereocenters. The molecule has 1 saturated heterocycles. The average Bonchev–Trinajstić information content (AvgIpc) is 3.15. The fourth-order valence-corrected chi connectivity index (χ4v) is 3.52. The average molecular weight is 473 g/mol. The molecule has 1 N–H and O–H groups in total. The van der Waals surface area contributed by atoms with Crippen LogP contribution >= 0.6 is 0 Å². The van der Waals surface area contributed by atoms with Gasteiger partial charge in [0.15, 0.2) is 0 Å². The minimum absolute atomic E-state index is 0.0677. The number of anilines is 1. The molecule has 3 aromatic rings. The first-order valence-corrected chi connectivity index (χ1v) is 11.4. The number of rotatable bonds is 10. The number of benzene rings is 3. The SMILES string of the molecule is Cc1ccc(OCCOCCOc2cccc(C=C3C(=O)NN(c4ccccc4)C3=O)c2)cc1C. The zero-order chi connectivity index (χ0) is 24.6. The number of nitrogens with zero attached hydrogens (tertiary/aromatic N) is 1. The summed E-state index contributed by atoms with van der Waals surface area (Å²) >= 11 is 0. The Morgan fingerprint density at radius 1 is 0.771 bits per heavy atom. The molecule has 1 aliphatic heterocycles. The molecular weight excluding hydrogens is 444 g/mol. The van der Waals surface area contributed by atoms with Gasteiger partial charge in [0.2, 0.25) is 0 Å². The Labute approximate surface area is 204 Å². The van der Waals surface area contributed by atoms with Crippen LogP contribution in [0.2, 0.25) is 0 Å². The Morgan fingerprint density at radius 2 is 1.49 bits per heavy atom. The summed E-state index contributed by atoms with van der Waals surface area (Å²) in [6, 6.07) is 22.2. The van der Waals surface area contributed by atoms with E-state index in [9.17, 15) is 9.59 Å². The zero-order valence-electron chi connectivity index (χ0n) is 19.8. The van der Waals surface area contributed by atoms with E-state index in [1.165, 1.54) is 16.1 Å². The highest BCUT2D eigenvalue weighted by Crippen LogP contribution is 2.22. The predicted octanol–water partition coefficient (Wildman–Crippen LogP) is 4.24. The number of carbonyl (C=O) groups excluding carboxylic acids is 2. The highest BCUT2D eigenvalue weighted by atomic mass is 16.5. The molecule has 1 heterocycles. The van der Waals surface area contributed by atoms with E-state index >= 15 is 0 Å². The maximum Gasteiger partial charge on any atom is 0.282 e. The molecule has 3 aromatic carbocycles. The number of amides is 2. The molecule has 0 saturated carbocycles. The van der Waals surface area contributed by atoms with Crippen LogP contribution in [0.25, 0.3) is 6.08 Å². The van der Waals surface area contributed by atoms with Gasteiger partial charge >= 0.3 is 0 Å². The monoisotopic (exact) mass is 472 g/mol. The van der Waals surface area contributed by atoms with Gasteiger partial charge in [-0.2, -0.15) is 0 Å². The topological polar surface area (TPSA) is 77.1 Å². The molecular formula is C28H28N2O5. The van der Waals surface area contributed by atoms with Crippen molar-refractivity contribution in [1.82, 2.24) is 5.43 Å². The Bertz CT molecular complexity index is 1220. The second-order valence-electron chi connectivity index (χ2n) is 8.10. The largest absolute Gasteiger partial charge is 0.491 e. The number of hydrogen-bond acceptors (Lipinski definition) is 5. The number of hydrazine groups is 1. The maximum atomic E-state index is 12.7. The Balaban J connectivity index is 1.24. The van der Waals surface area contributed by atoms with E-state index in [4.69, 9.17) is 14.2 Å². The molecule has 1 aliphatic rings. The summed E-state index contributed by atoms with van der Waals surface area (Å²) in [5, 5.41) is 1.25. The lowest BCUT2D eigenvalue weighted by molar-refractivity contribution is -0.117. The molecule has 180 valence electrons. The number of hydrogen-bond donors (Lipinski definition) is 1. The Morgan fingerprint density at radius 3 is 2.20 bits per heavy atom. The third kappa shape index (κ3) is 6.28. The molecule has 0 unspecified atom stereocenters. The minimum atomic E-state index is -0.443. The summed E-state index contributed by atoms with van der Waals surface area (Å²) < 4.78 is 17.0. The summed E-state index contributed by atoms with van der Waals surface area (Å²) in [6.45, 7) is 5.82. The Hall–Kier alpha value is -4.10. The third-order valence-corrected chi connectivity index (χ3v) is 5.55. The van der Waals surface area contributed by atoms with Gasteiger partial charge in [-0.1, -0.05) is 36.4 Å². The fourth-order valence-electron chi connectivity index (χ4n) is 3.52. The van der Waals surface area contributed by atoms with Crippen molar-refractivity contribution in [3.05, 3.63) is 95.1 Å². The molecule has 35 heavy (non-hydrogen) atoms. The first-order chi connectivity index (χ1) is 17.0. The van der Waals surface area contributed by atoms with Gasteiger partial charge in [-0.3, -0.25) is 15.0 Å². The molecule has 0 spiro atoms. The standard InChI is InChI=1S/C28H28N2O5/c1-20-11-12-25(17-21(20)2)35-16-14-33-13-15-34-24-10-6-7-22(18-24)19-26-27(31)29-30(28(26)32)23-8-4-3-5-9-23/h3-12,17-19H,13-16H2,1-2H3,(H,29,31). The molecule has 4 rings (SSSR count). The van der Waals surface area contributed by atoms with Crippen LogP contribution in [0.15, 0.2) is 78.4 Å². The lowest BCUT2D eigenvalue weighted by Gasteiger charge is -2.13. The van der Waals surface area contributed by atoms with Crippen LogP contribution in [0.3, 0.4) is 0 Å². The van der Waals surface area contributed by atoms with E-state index in [1.807, 2.05) is 42.5 Å². The predicted molar refractivity (Wildman–Crippen MR) is 134 cm³/mol. The van der Waals surface area contributed by atoms with Gasteiger partial charge in [-0.05, 0) is 73.0 Å². The van der Waals surface area contributed by atoms with Crippen molar-refractivity contribution in [1.29, 1.82) is 0 Å². The van der Waals surface area contributed by atoms with Crippen LogP contribution in [-0.2, 0) is 14.3 Å². The van der Waals surface area contributed by atoms with Crippen LogP contribution < -0.4 is 19.9 Å². The maximum absolute atomic E-state index is 12.7. The highest BCUT2D eigenvalue weighted by molar-refractivity contribution is 6.31. The van der Waals surface area contributed by atoms with Crippen molar-refractivity contribution in [2.24, 2.45) is 0 Å². The van der Waals surface area contributed by atoms with E-state index in [1.54, 1.807) is 36.4 Å². The normalized spacial score (nSPS) is 14.3. The number of carbonyl (C=O) groups is 2. The van der Waals surface area contributed by atoms with Crippen LogP contribution in [0.5, 0.6) is 11.5 Å². The third-order valence-electron chi connectivity index (χ3n) is 5.55. The second-order valence-corrected chi connectivity index (χ2v) is 8.10. The summed E-state index contributed by atoms with van der Waals surface area (Å²) in [6.07, 6.45) is 1.56. The number of para-hydroxylation sites is 1. The van der Waals surface area contributed by atoms with E-state index in [-0.39, 0.29) is 5.57 Å². The van der Waals surface area contributed by atoms with Crippen molar-refractivity contribution in [2.75, 3.05) is 31.4 Å². The van der Waals surface area contributed by atoms with Crippen molar-refractivity contribution in [2.45, 2.75) is 13.8 Å². The van der Waals surface area contributed by atoms with Gasteiger partial charge in [-0.15, -0.1) is 0 Å². The van der Waals surface area contributed by atoms with Gasteiger partial charge in [0.1, 0.15) is 30.3 Å². The van der Waals surface area contributed by atoms with Gasteiger partial charge in [0.05, 0.1) is 18.9 Å². The second kappa shape index (κ2) is 11.4. The van der Waals surface area contributed by atoms with Gasteiger partial charge in [-0.25, -0.2) is 5.01 Å². The number of nitrogens with one attached hydrogen (secondary N) is 1. The first-order valence-electron chi connectivity index (χ1n) is 11.4. The van der Waals surface area contributed by atoms with Crippen LogP contribution in [0.4, 0.5) is 5.69 Å². The van der Waals surface area contributed by atoms with Gasteiger partial charge < -0.3 is 14.2 Å². The van der Waals surface area contributed by atoms with Gasteiger partial charge in [0.25, 0.3) is 11.8 Å². The van der Waals surface area contributed by atoms with Crippen molar-refractivity contribution in [3.8, 4) is 11.5 Å².